The van der Waals surface area contributed by atoms with Crippen molar-refractivity contribution in [3.63, 3.8) is 0 Å². The van der Waals surface area contributed by atoms with E-state index < -0.39 is 0 Å². The van der Waals surface area contributed by atoms with Gasteiger partial charge in [-0.15, -0.1) is 12.6 Å². The third-order valence-electron chi connectivity index (χ3n) is 1.90. The second-order valence-electron chi connectivity index (χ2n) is 3.48. The third-order valence-corrected chi connectivity index (χ3v) is 2.18. The Labute approximate surface area is 90.1 Å². The maximum atomic E-state index is 10.8. The Hall–Kier alpha value is -0.960. The van der Waals surface area contributed by atoms with Crippen LogP contribution in [0.1, 0.15) is 19.4 Å². The number of nitrogens with one attached hydrogen (secondary N) is 1. The van der Waals surface area contributed by atoms with Gasteiger partial charge in [0.2, 0.25) is 5.91 Å². The number of benzene rings is 1. The molecule has 2 nitrogen and oxygen atoms in total. The zero-order valence-corrected chi connectivity index (χ0v) is 9.34. The third kappa shape index (κ3) is 3.83. The molecule has 0 aromatic heterocycles. The van der Waals surface area contributed by atoms with E-state index in [0.717, 1.165) is 11.3 Å². The topological polar surface area (TPSA) is 29.1 Å². The fourth-order valence-corrected chi connectivity index (χ4v) is 1.69. The van der Waals surface area contributed by atoms with Gasteiger partial charge in [0, 0.05) is 17.9 Å². The lowest BCUT2D eigenvalue weighted by molar-refractivity contribution is -0.119. The zero-order chi connectivity index (χ0) is 10.6. The quantitative estimate of drug-likeness (QED) is 0.733. The van der Waals surface area contributed by atoms with Gasteiger partial charge >= 0.3 is 0 Å². The van der Waals surface area contributed by atoms with Crippen LogP contribution in [0.3, 0.4) is 0 Å². The lowest BCUT2D eigenvalue weighted by Crippen LogP contribution is -2.31. The van der Waals surface area contributed by atoms with Gasteiger partial charge in [0.25, 0.3) is 0 Å². The average Bonchev–Trinajstić information content (AvgIpc) is 2.01. The van der Waals surface area contributed by atoms with Gasteiger partial charge in [-0.25, -0.2) is 0 Å². The molecule has 1 rings (SSSR count). The molecule has 0 heterocycles. The normalized spacial score (nSPS) is 12.2. The monoisotopic (exact) mass is 209 g/mol. The molecule has 0 bridgehead atoms. The van der Waals surface area contributed by atoms with Crippen LogP contribution in [0.4, 0.5) is 0 Å². The first-order valence-corrected chi connectivity index (χ1v) is 5.07. The molecule has 1 amide bonds. The molecule has 0 aliphatic carbocycles. The number of thiol groups is 1. The fraction of sp³-hybridized carbons (Fsp3) is 0.364. The van der Waals surface area contributed by atoms with E-state index in [2.05, 4.69) is 17.9 Å². The maximum Gasteiger partial charge on any atom is 0.217 e. The lowest BCUT2D eigenvalue weighted by atomic mass is 10.1. The van der Waals surface area contributed by atoms with Gasteiger partial charge in [0.15, 0.2) is 0 Å². The Morgan fingerprint density at radius 3 is 2.86 bits per heavy atom. The molecule has 76 valence electrons. The van der Waals surface area contributed by atoms with Crippen LogP contribution in [0.5, 0.6) is 0 Å². The summed E-state index contributed by atoms with van der Waals surface area (Å²) in [6.07, 6.45) is 0.841. The number of carbonyl (C=O) groups is 1. The summed E-state index contributed by atoms with van der Waals surface area (Å²) < 4.78 is 0. The van der Waals surface area contributed by atoms with Gasteiger partial charge in [-0.3, -0.25) is 4.79 Å². The highest BCUT2D eigenvalue weighted by Crippen LogP contribution is 2.10. The van der Waals surface area contributed by atoms with Crippen molar-refractivity contribution in [3.05, 3.63) is 29.8 Å². The molecule has 0 aliphatic heterocycles. The van der Waals surface area contributed by atoms with Crippen LogP contribution in [-0.4, -0.2) is 11.9 Å². The number of hydrogen-bond acceptors (Lipinski definition) is 2. The summed E-state index contributed by atoms with van der Waals surface area (Å²) in [5.74, 6) is 0.0135. The van der Waals surface area contributed by atoms with Gasteiger partial charge in [0.1, 0.15) is 0 Å². The molecule has 14 heavy (non-hydrogen) atoms. The van der Waals surface area contributed by atoms with Crippen molar-refractivity contribution in [1.29, 1.82) is 0 Å². The largest absolute Gasteiger partial charge is 0.354 e. The molecule has 1 N–H and O–H groups in total. The smallest absolute Gasteiger partial charge is 0.217 e. The Bertz CT molecular complexity index is 325. The first kappa shape index (κ1) is 11.1. The first-order valence-electron chi connectivity index (χ1n) is 4.63. The van der Waals surface area contributed by atoms with Crippen molar-refractivity contribution in [2.45, 2.75) is 31.2 Å². The van der Waals surface area contributed by atoms with Crippen molar-refractivity contribution in [1.82, 2.24) is 5.32 Å². The first-order chi connectivity index (χ1) is 6.58. The molecular weight excluding hydrogens is 194 g/mol. The molecule has 1 aromatic carbocycles. The summed E-state index contributed by atoms with van der Waals surface area (Å²) in [5.41, 5.74) is 1.19. The Kier molecular flexibility index (Phi) is 4.01. The Morgan fingerprint density at radius 1 is 1.57 bits per heavy atom. The van der Waals surface area contributed by atoms with Crippen molar-refractivity contribution in [2.75, 3.05) is 0 Å². The van der Waals surface area contributed by atoms with Gasteiger partial charge in [-0.2, -0.15) is 0 Å². The molecule has 1 atom stereocenters. The fourth-order valence-electron chi connectivity index (χ4n) is 1.44. The second-order valence-corrected chi connectivity index (χ2v) is 3.99. The van der Waals surface area contributed by atoms with Crippen LogP contribution in [-0.2, 0) is 11.2 Å². The standard InChI is InChI=1S/C11H15NOS/c1-8(12-9(2)13)6-10-4-3-5-11(14)7-10/h3-5,7-8,14H,6H2,1-2H3,(H,12,13). The number of rotatable bonds is 3. The predicted octanol–water partition coefficient (Wildman–Crippen LogP) is 2.04. The van der Waals surface area contributed by atoms with E-state index in [-0.39, 0.29) is 11.9 Å². The van der Waals surface area contributed by atoms with Crippen LogP contribution in [0.15, 0.2) is 29.2 Å². The summed E-state index contributed by atoms with van der Waals surface area (Å²) in [6.45, 7) is 3.53. The van der Waals surface area contributed by atoms with Gasteiger partial charge in [-0.05, 0) is 31.0 Å². The number of amides is 1. The van der Waals surface area contributed by atoms with E-state index in [1.54, 1.807) is 0 Å². The molecule has 0 aliphatic rings. The van der Waals surface area contributed by atoms with Gasteiger partial charge < -0.3 is 5.32 Å². The Balaban J connectivity index is 2.55. The molecule has 0 spiro atoms. The highest BCUT2D eigenvalue weighted by atomic mass is 32.1. The minimum absolute atomic E-state index is 0.0135. The van der Waals surface area contributed by atoms with Crippen molar-refractivity contribution in [2.24, 2.45) is 0 Å². The summed E-state index contributed by atoms with van der Waals surface area (Å²) in [7, 11) is 0. The second kappa shape index (κ2) is 5.05. The van der Waals surface area contributed by atoms with Crippen LogP contribution in [0, 0.1) is 0 Å². The average molecular weight is 209 g/mol. The predicted molar refractivity (Wildman–Crippen MR) is 60.7 cm³/mol. The van der Waals surface area contributed by atoms with Crippen molar-refractivity contribution in [3.8, 4) is 0 Å². The van der Waals surface area contributed by atoms with E-state index in [4.69, 9.17) is 0 Å². The van der Waals surface area contributed by atoms with Crippen molar-refractivity contribution >= 4 is 18.5 Å². The minimum atomic E-state index is 0.0135. The van der Waals surface area contributed by atoms with Crippen LogP contribution in [0.2, 0.25) is 0 Å². The number of carbonyl (C=O) groups excluding carboxylic acids is 1. The van der Waals surface area contributed by atoms with E-state index in [1.807, 2.05) is 31.2 Å². The van der Waals surface area contributed by atoms with Crippen LogP contribution < -0.4 is 5.32 Å². The molecule has 3 heteroatoms. The molecule has 1 aromatic rings. The SMILES string of the molecule is CC(=O)NC(C)Cc1cccc(S)c1. The lowest BCUT2D eigenvalue weighted by Gasteiger charge is -2.12. The summed E-state index contributed by atoms with van der Waals surface area (Å²) in [4.78, 5) is 11.7. The molecule has 0 saturated carbocycles. The summed E-state index contributed by atoms with van der Waals surface area (Å²) in [6, 6.07) is 8.13. The van der Waals surface area contributed by atoms with E-state index in [0.29, 0.717) is 0 Å². The van der Waals surface area contributed by atoms with Gasteiger partial charge in [0.05, 0.1) is 0 Å². The van der Waals surface area contributed by atoms with E-state index in [9.17, 15) is 4.79 Å². The van der Waals surface area contributed by atoms with E-state index >= 15 is 0 Å². The van der Waals surface area contributed by atoms with Crippen molar-refractivity contribution < 1.29 is 4.79 Å². The van der Waals surface area contributed by atoms with E-state index in [1.165, 1.54) is 12.5 Å². The zero-order valence-electron chi connectivity index (χ0n) is 8.45. The molecule has 0 radical (unpaired) electrons. The highest BCUT2D eigenvalue weighted by molar-refractivity contribution is 7.80. The van der Waals surface area contributed by atoms with Gasteiger partial charge in [-0.1, -0.05) is 12.1 Å². The minimum Gasteiger partial charge on any atom is -0.354 e. The van der Waals surface area contributed by atoms with Crippen LogP contribution >= 0.6 is 12.6 Å². The molecule has 1 unspecified atom stereocenters. The Morgan fingerprint density at radius 2 is 2.29 bits per heavy atom. The number of hydrogen-bond donors (Lipinski definition) is 2. The molecule has 0 fully saturated rings. The summed E-state index contributed by atoms with van der Waals surface area (Å²) in [5, 5.41) is 2.85. The van der Waals surface area contributed by atoms with Crippen LogP contribution in [0.25, 0.3) is 0 Å². The molecular formula is C11H15NOS. The highest BCUT2D eigenvalue weighted by Gasteiger charge is 2.04. The summed E-state index contributed by atoms with van der Waals surface area (Å²) >= 11 is 4.26. The molecule has 0 saturated heterocycles. The maximum absolute atomic E-state index is 10.8.